The Hall–Kier alpha value is -1.89. The van der Waals surface area contributed by atoms with Crippen LogP contribution in [0.4, 0.5) is 0 Å². The van der Waals surface area contributed by atoms with E-state index in [-0.39, 0.29) is 23.6 Å². The zero-order valence-electron chi connectivity index (χ0n) is 14.6. The molecule has 0 spiro atoms. The number of thiophene rings is 1. The normalized spacial score (nSPS) is 19.2. The van der Waals surface area contributed by atoms with Crippen molar-refractivity contribution in [2.75, 3.05) is 39.3 Å². The van der Waals surface area contributed by atoms with Gasteiger partial charge in [0.15, 0.2) is 0 Å². The molecule has 0 radical (unpaired) electrons. The monoisotopic (exact) mass is 363 g/mol. The van der Waals surface area contributed by atoms with Gasteiger partial charge in [0.05, 0.1) is 6.42 Å². The Balaban J connectivity index is 1.45. The van der Waals surface area contributed by atoms with E-state index in [9.17, 15) is 14.4 Å². The predicted octanol–water partition coefficient (Wildman–Crippen LogP) is 1.22. The van der Waals surface area contributed by atoms with E-state index in [0.717, 1.165) is 17.7 Å². The number of piperidine rings is 1. The minimum Gasteiger partial charge on any atom is -0.343 e. The van der Waals surface area contributed by atoms with Crippen LogP contribution in [0.25, 0.3) is 0 Å². The summed E-state index contributed by atoms with van der Waals surface area (Å²) in [5, 5.41) is 1.98. The molecule has 2 aliphatic heterocycles. The number of likely N-dealkylation sites (tertiary alicyclic amines) is 1. The first kappa shape index (κ1) is 17.9. The second kappa shape index (κ2) is 7.99. The lowest BCUT2D eigenvalue weighted by atomic mass is 9.95. The van der Waals surface area contributed by atoms with Crippen molar-refractivity contribution in [3.63, 3.8) is 0 Å². The number of carbonyl (C=O) groups is 3. The number of carbonyl (C=O) groups excluding carboxylic acids is 3. The van der Waals surface area contributed by atoms with E-state index in [4.69, 9.17) is 0 Å². The van der Waals surface area contributed by atoms with Crippen LogP contribution in [0.2, 0.25) is 0 Å². The van der Waals surface area contributed by atoms with Crippen LogP contribution in [0.1, 0.15) is 24.6 Å². The van der Waals surface area contributed by atoms with Gasteiger partial charge in [-0.15, -0.1) is 11.3 Å². The molecule has 2 saturated heterocycles. The lowest BCUT2D eigenvalue weighted by molar-refractivity contribution is -0.144. The standard InChI is InChI=1S/C18H25N3O3S/c1-14(22)19-6-4-15(5-7-19)18(24)21-10-8-20(9-11-21)17(23)13-16-3-2-12-25-16/h2-3,12,15H,4-11,13H2,1H3. The van der Waals surface area contributed by atoms with Gasteiger partial charge < -0.3 is 14.7 Å². The Labute approximate surface area is 152 Å². The highest BCUT2D eigenvalue weighted by atomic mass is 32.1. The molecule has 3 amide bonds. The predicted molar refractivity (Wildman–Crippen MR) is 96.2 cm³/mol. The largest absolute Gasteiger partial charge is 0.343 e. The molecule has 0 aliphatic carbocycles. The molecule has 0 bridgehead atoms. The average molecular weight is 363 g/mol. The molecule has 2 aliphatic rings. The lowest BCUT2D eigenvalue weighted by Crippen LogP contribution is -2.53. The first-order chi connectivity index (χ1) is 12.0. The fraction of sp³-hybridized carbons (Fsp3) is 0.611. The molecule has 3 rings (SSSR count). The van der Waals surface area contributed by atoms with Crippen molar-refractivity contribution in [1.82, 2.24) is 14.7 Å². The summed E-state index contributed by atoms with van der Waals surface area (Å²) in [5.41, 5.74) is 0. The summed E-state index contributed by atoms with van der Waals surface area (Å²) in [4.78, 5) is 43.1. The molecule has 6 nitrogen and oxygen atoms in total. The van der Waals surface area contributed by atoms with Gasteiger partial charge in [0.1, 0.15) is 0 Å². The molecule has 7 heteroatoms. The third kappa shape index (κ3) is 4.39. The quantitative estimate of drug-likeness (QED) is 0.811. The van der Waals surface area contributed by atoms with Crippen molar-refractivity contribution in [3.8, 4) is 0 Å². The van der Waals surface area contributed by atoms with E-state index < -0.39 is 0 Å². The molecule has 2 fully saturated rings. The van der Waals surface area contributed by atoms with Crippen LogP contribution < -0.4 is 0 Å². The molecule has 0 N–H and O–H groups in total. The Morgan fingerprint density at radius 1 is 1.00 bits per heavy atom. The van der Waals surface area contributed by atoms with Gasteiger partial charge in [-0.2, -0.15) is 0 Å². The fourth-order valence-corrected chi connectivity index (χ4v) is 4.25. The highest BCUT2D eigenvalue weighted by Crippen LogP contribution is 2.21. The van der Waals surface area contributed by atoms with Gasteiger partial charge in [-0.25, -0.2) is 0 Å². The van der Waals surface area contributed by atoms with E-state index in [1.54, 1.807) is 18.3 Å². The first-order valence-corrected chi connectivity index (χ1v) is 9.77. The van der Waals surface area contributed by atoms with E-state index in [0.29, 0.717) is 45.7 Å². The Morgan fingerprint density at radius 2 is 1.64 bits per heavy atom. The summed E-state index contributed by atoms with van der Waals surface area (Å²) in [7, 11) is 0. The summed E-state index contributed by atoms with van der Waals surface area (Å²) in [6.45, 7) is 5.37. The van der Waals surface area contributed by atoms with Gasteiger partial charge in [-0.3, -0.25) is 14.4 Å². The number of hydrogen-bond acceptors (Lipinski definition) is 4. The van der Waals surface area contributed by atoms with Crippen molar-refractivity contribution < 1.29 is 14.4 Å². The third-order valence-electron chi connectivity index (χ3n) is 5.14. The second-order valence-corrected chi connectivity index (χ2v) is 7.77. The topological polar surface area (TPSA) is 60.9 Å². The van der Waals surface area contributed by atoms with Gasteiger partial charge in [-0.1, -0.05) is 6.07 Å². The highest BCUT2D eigenvalue weighted by molar-refractivity contribution is 7.10. The van der Waals surface area contributed by atoms with E-state index in [1.165, 1.54) is 0 Å². The number of hydrogen-bond donors (Lipinski definition) is 0. The number of nitrogens with zero attached hydrogens (tertiary/aromatic N) is 3. The maximum absolute atomic E-state index is 12.7. The summed E-state index contributed by atoms with van der Waals surface area (Å²) < 4.78 is 0. The Kier molecular flexibility index (Phi) is 5.73. The van der Waals surface area contributed by atoms with Crippen LogP contribution in [0.5, 0.6) is 0 Å². The van der Waals surface area contributed by atoms with Crippen LogP contribution in [0, 0.1) is 5.92 Å². The summed E-state index contributed by atoms with van der Waals surface area (Å²) in [5.74, 6) is 0.436. The van der Waals surface area contributed by atoms with Gasteiger partial charge in [0.2, 0.25) is 17.7 Å². The van der Waals surface area contributed by atoms with Crippen molar-refractivity contribution in [2.24, 2.45) is 5.92 Å². The van der Waals surface area contributed by atoms with Crippen LogP contribution in [-0.2, 0) is 20.8 Å². The molecule has 0 aromatic carbocycles. The van der Waals surface area contributed by atoms with Gasteiger partial charge >= 0.3 is 0 Å². The molecule has 0 unspecified atom stereocenters. The van der Waals surface area contributed by atoms with E-state index in [2.05, 4.69) is 0 Å². The molecular formula is C18H25N3O3S. The molecule has 1 aromatic rings. The van der Waals surface area contributed by atoms with Crippen molar-refractivity contribution >= 4 is 29.1 Å². The first-order valence-electron chi connectivity index (χ1n) is 8.89. The summed E-state index contributed by atoms with van der Waals surface area (Å²) in [6.07, 6.45) is 1.95. The molecule has 136 valence electrons. The molecule has 3 heterocycles. The molecular weight excluding hydrogens is 338 g/mol. The van der Waals surface area contributed by atoms with E-state index >= 15 is 0 Å². The minimum absolute atomic E-state index is 0.0176. The number of piperazine rings is 1. The average Bonchev–Trinajstić information content (AvgIpc) is 3.14. The number of amides is 3. The highest BCUT2D eigenvalue weighted by Gasteiger charge is 2.31. The van der Waals surface area contributed by atoms with Gasteiger partial charge in [0, 0.05) is 57.0 Å². The number of rotatable bonds is 3. The zero-order chi connectivity index (χ0) is 17.8. The SMILES string of the molecule is CC(=O)N1CCC(C(=O)N2CCN(C(=O)Cc3cccs3)CC2)CC1. The molecule has 0 saturated carbocycles. The molecule has 0 atom stereocenters. The Bertz CT molecular complexity index is 616. The maximum Gasteiger partial charge on any atom is 0.227 e. The van der Waals surface area contributed by atoms with Crippen LogP contribution in [0.3, 0.4) is 0 Å². The van der Waals surface area contributed by atoms with Crippen LogP contribution >= 0.6 is 11.3 Å². The minimum atomic E-state index is 0.0176. The maximum atomic E-state index is 12.7. The molecule has 25 heavy (non-hydrogen) atoms. The fourth-order valence-electron chi connectivity index (χ4n) is 3.55. The van der Waals surface area contributed by atoms with Crippen molar-refractivity contribution in [1.29, 1.82) is 0 Å². The van der Waals surface area contributed by atoms with Gasteiger partial charge in [0.25, 0.3) is 0 Å². The van der Waals surface area contributed by atoms with Crippen LogP contribution in [-0.4, -0.2) is 71.7 Å². The lowest BCUT2D eigenvalue weighted by Gasteiger charge is -2.38. The summed E-state index contributed by atoms with van der Waals surface area (Å²) >= 11 is 1.60. The van der Waals surface area contributed by atoms with Gasteiger partial charge in [-0.05, 0) is 24.3 Å². The van der Waals surface area contributed by atoms with E-state index in [1.807, 2.05) is 32.2 Å². The smallest absolute Gasteiger partial charge is 0.227 e. The van der Waals surface area contributed by atoms with Crippen molar-refractivity contribution in [2.45, 2.75) is 26.2 Å². The Morgan fingerprint density at radius 3 is 2.20 bits per heavy atom. The van der Waals surface area contributed by atoms with Crippen molar-refractivity contribution in [3.05, 3.63) is 22.4 Å². The van der Waals surface area contributed by atoms with Crippen LogP contribution in [0.15, 0.2) is 17.5 Å². The second-order valence-electron chi connectivity index (χ2n) is 6.74. The summed E-state index contributed by atoms with van der Waals surface area (Å²) in [6, 6.07) is 3.94. The zero-order valence-corrected chi connectivity index (χ0v) is 15.5. The third-order valence-corrected chi connectivity index (χ3v) is 6.02. The molecule has 1 aromatic heterocycles.